The van der Waals surface area contributed by atoms with Crippen molar-refractivity contribution in [3.8, 4) is 5.75 Å². The molecule has 1 aliphatic rings. The van der Waals surface area contributed by atoms with Crippen LogP contribution in [-0.2, 0) is 14.3 Å². The van der Waals surface area contributed by atoms with Crippen LogP contribution in [0.15, 0.2) is 18.2 Å². The maximum Gasteiger partial charge on any atom is 0.407 e. The monoisotopic (exact) mass is 349 g/mol. The predicted molar refractivity (Wildman–Crippen MR) is 92.6 cm³/mol. The minimum absolute atomic E-state index is 0.0935. The zero-order valence-corrected chi connectivity index (χ0v) is 14.8. The maximum atomic E-state index is 11.9. The van der Waals surface area contributed by atoms with Gasteiger partial charge in [-0.25, -0.2) is 4.79 Å². The van der Waals surface area contributed by atoms with Gasteiger partial charge in [0.05, 0.1) is 5.69 Å². The number of fused-ring (bicyclic) bond motifs is 1. The highest BCUT2D eigenvalue weighted by atomic mass is 16.6. The van der Waals surface area contributed by atoms with E-state index in [2.05, 4.69) is 16.0 Å². The first-order valence-corrected chi connectivity index (χ1v) is 8.02. The highest BCUT2D eigenvalue weighted by molar-refractivity contribution is 5.99. The van der Waals surface area contributed by atoms with Gasteiger partial charge in [-0.1, -0.05) is 0 Å². The van der Waals surface area contributed by atoms with Gasteiger partial charge in [0.15, 0.2) is 6.10 Å². The molecule has 0 aromatic heterocycles. The van der Waals surface area contributed by atoms with Gasteiger partial charge in [0.2, 0.25) is 5.91 Å². The molecule has 0 bridgehead atoms. The fourth-order valence-corrected chi connectivity index (χ4v) is 2.10. The van der Waals surface area contributed by atoms with Crippen LogP contribution in [-0.4, -0.2) is 36.2 Å². The summed E-state index contributed by atoms with van der Waals surface area (Å²) < 4.78 is 10.5. The van der Waals surface area contributed by atoms with Crippen LogP contribution < -0.4 is 20.7 Å². The zero-order valence-electron chi connectivity index (χ0n) is 14.8. The molecule has 0 spiro atoms. The summed E-state index contributed by atoms with van der Waals surface area (Å²) in [6, 6.07) is 4.99. The minimum atomic E-state index is -0.584. The van der Waals surface area contributed by atoms with E-state index in [1.165, 1.54) is 0 Å². The van der Waals surface area contributed by atoms with Crippen molar-refractivity contribution in [3.05, 3.63) is 18.2 Å². The molecule has 0 fully saturated rings. The van der Waals surface area contributed by atoms with Crippen molar-refractivity contribution in [2.24, 2.45) is 0 Å². The van der Waals surface area contributed by atoms with E-state index < -0.39 is 17.8 Å². The number of hydrogen-bond acceptors (Lipinski definition) is 5. The van der Waals surface area contributed by atoms with Gasteiger partial charge in [0.1, 0.15) is 11.4 Å². The minimum Gasteiger partial charge on any atom is -0.479 e. The second-order valence-corrected chi connectivity index (χ2v) is 6.69. The van der Waals surface area contributed by atoms with Gasteiger partial charge >= 0.3 is 6.09 Å². The van der Waals surface area contributed by atoms with Crippen molar-refractivity contribution in [1.82, 2.24) is 5.32 Å². The third-order valence-electron chi connectivity index (χ3n) is 3.21. The normalized spacial score (nSPS) is 16.2. The predicted octanol–water partition coefficient (Wildman–Crippen LogP) is 2.26. The quantitative estimate of drug-likeness (QED) is 0.773. The second-order valence-electron chi connectivity index (χ2n) is 6.69. The topological polar surface area (TPSA) is 106 Å². The Kier molecular flexibility index (Phi) is 5.51. The van der Waals surface area contributed by atoms with Crippen LogP contribution in [0.25, 0.3) is 0 Å². The number of ether oxygens (including phenoxy) is 2. The molecule has 1 heterocycles. The molecular formula is C17H23N3O5. The molecule has 0 unspecified atom stereocenters. The summed E-state index contributed by atoms with van der Waals surface area (Å²) in [6.45, 7) is 7.10. The molecular weight excluding hydrogens is 326 g/mol. The molecule has 8 nitrogen and oxygen atoms in total. The molecule has 1 aliphatic heterocycles. The third kappa shape index (κ3) is 5.66. The van der Waals surface area contributed by atoms with E-state index in [1.54, 1.807) is 45.9 Å². The van der Waals surface area contributed by atoms with Crippen molar-refractivity contribution in [1.29, 1.82) is 0 Å². The number of amides is 3. The van der Waals surface area contributed by atoms with E-state index in [0.717, 1.165) is 0 Å². The summed E-state index contributed by atoms with van der Waals surface area (Å²) in [6.07, 6.45) is -1.02. The van der Waals surface area contributed by atoms with Crippen molar-refractivity contribution in [2.45, 2.75) is 45.8 Å². The van der Waals surface area contributed by atoms with Crippen LogP contribution >= 0.6 is 0 Å². The summed E-state index contributed by atoms with van der Waals surface area (Å²) in [5.74, 6) is 0.0432. The molecule has 25 heavy (non-hydrogen) atoms. The molecule has 3 amide bonds. The summed E-state index contributed by atoms with van der Waals surface area (Å²) in [5, 5.41) is 7.93. The first kappa shape index (κ1) is 18.6. The van der Waals surface area contributed by atoms with E-state index in [-0.39, 0.29) is 24.8 Å². The number of anilines is 2. The lowest BCUT2D eigenvalue weighted by atomic mass is 10.2. The Balaban J connectivity index is 1.82. The molecule has 2 rings (SSSR count). The van der Waals surface area contributed by atoms with Crippen molar-refractivity contribution >= 4 is 29.3 Å². The molecule has 0 radical (unpaired) electrons. The Morgan fingerprint density at radius 1 is 1.32 bits per heavy atom. The van der Waals surface area contributed by atoms with Crippen LogP contribution in [0.2, 0.25) is 0 Å². The van der Waals surface area contributed by atoms with Crippen molar-refractivity contribution < 1.29 is 23.9 Å². The third-order valence-corrected chi connectivity index (χ3v) is 3.21. The number of rotatable bonds is 4. The van der Waals surface area contributed by atoms with Gasteiger partial charge in [-0.3, -0.25) is 9.59 Å². The number of alkyl carbamates (subject to hydrolysis) is 1. The molecule has 1 aromatic carbocycles. The first-order chi connectivity index (χ1) is 11.6. The van der Waals surface area contributed by atoms with E-state index in [0.29, 0.717) is 17.1 Å². The van der Waals surface area contributed by atoms with Crippen LogP contribution in [0.3, 0.4) is 0 Å². The Morgan fingerprint density at radius 3 is 2.72 bits per heavy atom. The standard InChI is InChI=1S/C17H23N3O5/c1-10-15(22)20-12-9-11(5-6-13(12)24-10)19-14(21)7-8-18-16(23)25-17(2,3)4/h5-6,9-10H,7-8H2,1-4H3,(H,18,23)(H,19,21)(H,20,22)/t10-/m0/s1. The summed E-state index contributed by atoms with van der Waals surface area (Å²) >= 11 is 0. The lowest BCUT2D eigenvalue weighted by Crippen LogP contribution is -2.34. The lowest BCUT2D eigenvalue weighted by molar-refractivity contribution is -0.122. The van der Waals surface area contributed by atoms with E-state index in [9.17, 15) is 14.4 Å². The highest BCUT2D eigenvalue weighted by Crippen LogP contribution is 2.32. The number of carbonyl (C=O) groups excluding carboxylic acids is 3. The Bertz CT molecular complexity index is 681. The number of hydrogen-bond donors (Lipinski definition) is 3. The van der Waals surface area contributed by atoms with Gasteiger partial charge in [0.25, 0.3) is 5.91 Å². The van der Waals surface area contributed by atoms with Gasteiger partial charge in [-0.15, -0.1) is 0 Å². The Hall–Kier alpha value is -2.77. The largest absolute Gasteiger partial charge is 0.479 e. The maximum absolute atomic E-state index is 11.9. The van der Waals surface area contributed by atoms with Gasteiger partial charge in [0, 0.05) is 18.7 Å². The van der Waals surface area contributed by atoms with Crippen LogP contribution in [0.1, 0.15) is 34.1 Å². The number of carbonyl (C=O) groups is 3. The van der Waals surface area contributed by atoms with E-state index >= 15 is 0 Å². The fourth-order valence-electron chi connectivity index (χ4n) is 2.10. The lowest BCUT2D eigenvalue weighted by Gasteiger charge is -2.23. The van der Waals surface area contributed by atoms with Crippen molar-refractivity contribution in [2.75, 3.05) is 17.2 Å². The molecule has 0 saturated carbocycles. The van der Waals surface area contributed by atoms with Crippen LogP contribution in [0.5, 0.6) is 5.75 Å². The Labute approximate surface area is 146 Å². The summed E-state index contributed by atoms with van der Waals surface area (Å²) in [4.78, 5) is 35.1. The second kappa shape index (κ2) is 7.42. The molecule has 0 saturated heterocycles. The highest BCUT2D eigenvalue weighted by Gasteiger charge is 2.23. The summed E-state index contributed by atoms with van der Waals surface area (Å²) in [7, 11) is 0. The van der Waals surface area contributed by atoms with Gasteiger partial charge in [-0.05, 0) is 45.9 Å². The van der Waals surface area contributed by atoms with Crippen LogP contribution in [0, 0.1) is 0 Å². The zero-order chi connectivity index (χ0) is 18.6. The molecule has 8 heteroatoms. The SMILES string of the molecule is C[C@@H]1Oc2ccc(NC(=O)CCNC(=O)OC(C)(C)C)cc2NC1=O. The smallest absolute Gasteiger partial charge is 0.407 e. The van der Waals surface area contributed by atoms with E-state index in [4.69, 9.17) is 9.47 Å². The Morgan fingerprint density at radius 2 is 2.04 bits per heavy atom. The molecule has 1 atom stereocenters. The summed E-state index contributed by atoms with van der Waals surface area (Å²) in [5.41, 5.74) is 0.451. The van der Waals surface area contributed by atoms with E-state index in [1.807, 2.05) is 0 Å². The average molecular weight is 349 g/mol. The van der Waals surface area contributed by atoms with Crippen molar-refractivity contribution in [3.63, 3.8) is 0 Å². The average Bonchev–Trinajstić information content (AvgIpc) is 2.47. The molecule has 136 valence electrons. The molecule has 0 aliphatic carbocycles. The molecule has 1 aromatic rings. The van der Waals surface area contributed by atoms with Gasteiger partial charge < -0.3 is 25.4 Å². The fraction of sp³-hybridized carbons (Fsp3) is 0.471. The van der Waals surface area contributed by atoms with Crippen LogP contribution in [0.4, 0.5) is 16.2 Å². The number of benzene rings is 1. The molecule has 3 N–H and O–H groups in total. The first-order valence-electron chi connectivity index (χ1n) is 8.02. The number of nitrogens with one attached hydrogen (secondary N) is 3. The van der Waals surface area contributed by atoms with Gasteiger partial charge in [-0.2, -0.15) is 0 Å².